The van der Waals surface area contributed by atoms with Crippen LogP contribution in [0.3, 0.4) is 0 Å². The van der Waals surface area contributed by atoms with E-state index in [1.807, 2.05) is 12.1 Å². The molecule has 4 heterocycles. The van der Waals surface area contributed by atoms with Gasteiger partial charge in [0.05, 0.1) is 12.9 Å². The van der Waals surface area contributed by atoms with Crippen molar-refractivity contribution in [3.05, 3.63) is 30.7 Å². The first kappa shape index (κ1) is 16.4. The van der Waals surface area contributed by atoms with E-state index in [2.05, 4.69) is 10.00 Å². The van der Waals surface area contributed by atoms with Crippen LogP contribution in [0, 0.1) is 5.92 Å². The Hall–Kier alpha value is -2.12. The molecule has 4 rings (SSSR count). The summed E-state index contributed by atoms with van der Waals surface area (Å²) < 4.78 is 12.4. The number of hydrogen-bond donors (Lipinski definition) is 1. The first-order chi connectivity index (χ1) is 12.2. The second-order valence-corrected chi connectivity index (χ2v) is 6.99. The average molecular weight is 345 g/mol. The van der Waals surface area contributed by atoms with Crippen LogP contribution in [0.25, 0.3) is 11.5 Å². The predicted molar refractivity (Wildman–Crippen MR) is 90.1 cm³/mol. The van der Waals surface area contributed by atoms with Gasteiger partial charge in [-0.3, -0.25) is 4.68 Å². The molecule has 2 saturated heterocycles. The summed E-state index contributed by atoms with van der Waals surface area (Å²) in [5.74, 6) is 0.413. The van der Waals surface area contributed by atoms with Crippen molar-refractivity contribution < 1.29 is 19.1 Å². The minimum absolute atomic E-state index is 0.551. The third-order valence-electron chi connectivity index (χ3n) is 5.42. The maximum atomic E-state index is 12.1. The molecule has 134 valence electrons. The Morgan fingerprint density at radius 3 is 2.84 bits per heavy atom. The number of likely N-dealkylation sites (tertiary alicyclic amines) is 1. The van der Waals surface area contributed by atoms with Crippen LogP contribution in [0.5, 0.6) is 0 Å². The highest BCUT2D eigenvalue weighted by Crippen LogP contribution is 2.32. The molecule has 2 aromatic rings. The molecule has 7 nitrogen and oxygen atoms in total. The first-order valence-electron chi connectivity index (χ1n) is 8.81. The van der Waals surface area contributed by atoms with Gasteiger partial charge >= 0.3 is 5.97 Å². The zero-order chi connectivity index (χ0) is 17.3. The Bertz CT molecular complexity index is 711. The molecule has 1 atom stereocenters. The van der Waals surface area contributed by atoms with E-state index in [1.54, 1.807) is 23.2 Å². The van der Waals surface area contributed by atoms with E-state index >= 15 is 0 Å². The van der Waals surface area contributed by atoms with Crippen molar-refractivity contribution in [3.63, 3.8) is 0 Å². The van der Waals surface area contributed by atoms with E-state index in [0.29, 0.717) is 30.2 Å². The van der Waals surface area contributed by atoms with Crippen LogP contribution in [0.1, 0.15) is 19.3 Å². The molecule has 1 unspecified atom stereocenters. The van der Waals surface area contributed by atoms with Crippen molar-refractivity contribution >= 4 is 5.97 Å². The Morgan fingerprint density at radius 2 is 2.20 bits per heavy atom. The minimum Gasteiger partial charge on any atom is -0.479 e. The lowest BCUT2D eigenvalue weighted by Gasteiger charge is -2.39. The van der Waals surface area contributed by atoms with Gasteiger partial charge in [-0.05, 0) is 43.4 Å². The van der Waals surface area contributed by atoms with Crippen LogP contribution in [0.15, 0.2) is 35.1 Å². The lowest BCUT2D eigenvalue weighted by atomic mass is 9.87. The van der Waals surface area contributed by atoms with Crippen molar-refractivity contribution in [2.75, 3.05) is 32.8 Å². The Balaban J connectivity index is 1.49. The third kappa shape index (κ3) is 3.09. The second-order valence-electron chi connectivity index (χ2n) is 6.99. The Morgan fingerprint density at radius 1 is 1.36 bits per heavy atom. The first-order valence-corrected chi connectivity index (χ1v) is 8.81. The van der Waals surface area contributed by atoms with Gasteiger partial charge in [0.15, 0.2) is 11.3 Å². The number of nitrogens with zero attached hydrogens (tertiary/aromatic N) is 3. The van der Waals surface area contributed by atoms with Gasteiger partial charge in [0, 0.05) is 32.4 Å². The SMILES string of the molecule is O=C(O)C1(n2ccc(-c3ccco3)n2)CCN(CC2CCOC2)CC1. The molecule has 1 N–H and O–H groups in total. The molecule has 2 aliphatic heterocycles. The molecular weight excluding hydrogens is 322 g/mol. The second kappa shape index (κ2) is 6.65. The maximum Gasteiger partial charge on any atom is 0.331 e. The number of carbonyl (C=O) groups is 1. The summed E-state index contributed by atoms with van der Waals surface area (Å²) in [6, 6.07) is 5.44. The normalized spacial score (nSPS) is 23.8. The molecule has 0 aliphatic carbocycles. The van der Waals surface area contributed by atoms with Gasteiger partial charge in [-0.2, -0.15) is 5.10 Å². The van der Waals surface area contributed by atoms with Gasteiger partial charge in [0.2, 0.25) is 0 Å². The molecule has 0 spiro atoms. The van der Waals surface area contributed by atoms with Gasteiger partial charge in [0.25, 0.3) is 0 Å². The molecule has 2 aliphatic rings. The number of furan rings is 1. The van der Waals surface area contributed by atoms with Crippen LogP contribution in [-0.4, -0.2) is 58.6 Å². The molecule has 0 radical (unpaired) electrons. The number of rotatable bonds is 5. The summed E-state index contributed by atoms with van der Waals surface area (Å²) in [4.78, 5) is 14.5. The van der Waals surface area contributed by atoms with Crippen LogP contribution in [0.4, 0.5) is 0 Å². The average Bonchev–Trinajstić information content (AvgIpc) is 3.37. The lowest BCUT2D eigenvalue weighted by molar-refractivity contribution is -0.151. The standard InChI is InChI=1S/C18H23N3O4/c22-17(23)18(21-7-3-15(19-21)16-2-1-10-25-16)5-8-20(9-6-18)12-14-4-11-24-13-14/h1-3,7,10,14H,4-6,8-9,11-13H2,(H,22,23). The molecule has 0 aromatic carbocycles. The van der Waals surface area contributed by atoms with E-state index in [0.717, 1.165) is 39.3 Å². The molecule has 0 saturated carbocycles. The van der Waals surface area contributed by atoms with E-state index in [1.165, 1.54) is 0 Å². The van der Waals surface area contributed by atoms with Crippen molar-refractivity contribution in [2.24, 2.45) is 5.92 Å². The highest BCUT2D eigenvalue weighted by atomic mass is 16.5. The maximum absolute atomic E-state index is 12.1. The van der Waals surface area contributed by atoms with Crippen molar-refractivity contribution in [3.8, 4) is 11.5 Å². The number of carboxylic acids is 1. The molecule has 7 heteroatoms. The number of ether oxygens (including phenoxy) is 1. The Kier molecular flexibility index (Phi) is 4.35. The zero-order valence-corrected chi connectivity index (χ0v) is 14.1. The fraction of sp³-hybridized carbons (Fsp3) is 0.556. The fourth-order valence-corrected chi connectivity index (χ4v) is 3.86. The monoisotopic (exact) mass is 345 g/mol. The Labute approximate surface area is 146 Å². The smallest absolute Gasteiger partial charge is 0.331 e. The summed E-state index contributed by atoms with van der Waals surface area (Å²) in [7, 11) is 0. The minimum atomic E-state index is -0.979. The number of piperidine rings is 1. The van der Waals surface area contributed by atoms with E-state index in [-0.39, 0.29) is 0 Å². The summed E-state index contributed by atoms with van der Waals surface area (Å²) in [6.07, 6.45) is 5.55. The zero-order valence-electron chi connectivity index (χ0n) is 14.1. The van der Waals surface area contributed by atoms with Gasteiger partial charge in [-0.25, -0.2) is 4.79 Å². The lowest BCUT2D eigenvalue weighted by Crippen LogP contribution is -2.52. The highest BCUT2D eigenvalue weighted by Gasteiger charge is 2.44. The third-order valence-corrected chi connectivity index (χ3v) is 5.42. The van der Waals surface area contributed by atoms with Crippen molar-refractivity contribution in [1.82, 2.24) is 14.7 Å². The van der Waals surface area contributed by atoms with E-state index in [4.69, 9.17) is 9.15 Å². The van der Waals surface area contributed by atoms with Crippen molar-refractivity contribution in [2.45, 2.75) is 24.8 Å². The van der Waals surface area contributed by atoms with Gasteiger partial charge in [-0.1, -0.05) is 0 Å². The quantitative estimate of drug-likeness (QED) is 0.893. The summed E-state index contributed by atoms with van der Waals surface area (Å²) in [6.45, 7) is 4.19. The number of hydrogen-bond acceptors (Lipinski definition) is 5. The molecule has 2 aromatic heterocycles. The van der Waals surface area contributed by atoms with Crippen LogP contribution in [-0.2, 0) is 15.1 Å². The molecule has 25 heavy (non-hydrogen) atoms. The van der Waals surface area contributed by atoms with Gasteiger partial charge in [-0.15, -0.1) is 0 Å². The number of aliphatic carboxylic acids is 1. The number of carboxylic acid groups (broad SMARTS) is 1. The summed E-state index contributed by atoms with van der Waals surface area (Å²) in [5, 5.41) is 14.4. The topological polar surface area (TPSA) is 80.7 Å². The molecule has 2 fully saturated rings. The van der Waals surface area contributed by atoms with Crippen LogP contribution in [0.2, 0.25) is 0 Å². The number of aromatic nitrogens is 2. The van der Waals surface area contributed by atoms with Crippen molar-refractivity contribution in [1.29, 1.82) is 0 Å². The summed E-state index contributed by atoms with van der Waals surface area (Å²) >= 11 is 0. The van der Waals surface area contributed by atoms with Gasteiger partial charge < -0.3 is 19.2 Å². The molecule has 0 bridgehead atoms. The highest BCUT2D eigenvalue weighted by molar-refractivity contribution is 5.77. The summed E-state index contributed by atoms with van der Waals surface area (Å²) in [5.41, 5.74) is -0.316. The van der Waals surface area contributed by atoms with E-state index < -0.39 is 11.5 Å². The largest absolute Gasteiger partial charge is 0.479 e. The van der Waals surface area contributed by atoms with Crippen LogP contribution >= 0.6 is 0 Å². The molecular formula is C18H23N3O4. The predicted octanol–water partition coefficient (Wildman–Crippen LogP) is 2.06. The fourth-order valence-electron chi connectivity index (χ4n) is 3.86. The van der Waals surface area contributed by atoms with E-state index in [9.17, 15) is 9.90 Å². The van der Waals surface area contributed by atoms with Crippen LogP contribution < -0.4 is 0 Å². The molecule has 0 amide bonds. The van der Waals surface area contributed by atoms with Gasteiger partial charge in [0.1, 0.15) is 5.69 Å².